The number of para-hydroxylation sites is 1. The average molecular weight is 262 g/mol. The molecule has 2 heterocycles. The number of carbonyl (C=O) groups is 1. The second-order valence-electron chi connectivity index (χ2n) is 4.96. The largest absolute Gasteiger partial charge is 0.388 e. The molecule has 4 nitrogen and oxygen atoms in total. The number of aliphatic hydroxyl groups is 1. The van der Waals surface area contributed by atoms with Crippen LogP contribution < -0.4 is 0 Å². The molecule has 1 aliphatic heterocycles. The average Bonchev–Trinajstić information content (AvgIpc) is 2.91. The van der Waals surface area contributed by atoms with Crippen LogP contribution in [0.3, 0.4) is 0 Å². The van der Waals surface area contributed by atoms with Gasteiger partial charge in [0.15, 0.2) is 0 Å². The van der Waals surface area contributed by atoms with Crippen LogP contribution in [0.15, 0.2) is 30.5 Å². The number of alkyl halides is 1. The standard InChI is InChI=1S/C14H15FN2O2/c1-16-6-10(9-4-2-3-5-12(9)16)14(19)17-7-11(15)13(18)8-17/h2-6,11,13,18H,7-8H2,1H3/t11-,13-/m0/s1. The Labute approximate surface area is 110 Å². The van der Waals surface area contributed by atoms with Crippen molar-refractivity contribution >= 4 is 16.8 Å². The molecular formula is C14H15FN2O2. The van der Waals surface area contributed by atoms with E-state index in [-0.39, 0.29) is 19.0 Å². The molecule has 100 valence electrons. The number of hydrogen-bond acceptors (Lipinski definition) is 2. The Balaban J connectivity index is 1.99. The lowest BCUT2D eigenvalue weighted by molar-refractivity contribution is 0.0766. The Morgan fingerprint density at radius 3 is 2.79 bits per heavy atom. The number of nitrogens with zero attached hydrogens (tertiary/aromatic N) is 2. The van der Waals surface area contributed by atoms with Crippen molar-refractivity contribution in [3.8, 4) is 0 Å². The molecule has 1 aliphatic rings. The number of likely N-dealkylation sites (tertiary alicyclic amines) is 1. The Bertz CT molecular complexity index is 627. The van der Waals surface area contributed by atoms with Gasteiger partial charge in [0.05, 0.1) is 12.1 Å². The van der Waals surface area contributed by atoms with Crippen molar-refractivity contribution in [3.63, 3.8) is 0 Å². The number of aryl methyl sites for hydroxylation is 1. The molecule has 2 atom stereocenters. The van der Waals surface area contributed by atoms with Gasteiger partial charge >= 0.3 is 0 Å². The molecule has 0 aliphatic carbocycles. The summed E-state index contributed by atoms with van der Waals surface area (Å²) in [5.41, 5.74) is 1.52. The monoisotopic (exact) mass is 262 g/mol. The summed E-state index contributed by atoms with van der Waals surface area (Å²) in [5.74, 6) is -0.226. The minimum atomic E-state index is -1.35. The minimum Gasteiger partial charge on any atom is -0.388 e. The molecule has 1 aromatic heterocycles. The van der Waals surface area contributed by atoms with Crippen molar-refractivity contribution < 1.29 is 14.3 Å². The fourth-order valence-corrected chi connectivity index (χ4v) is 2.60. The van der Waals surface area contributed by atoms with Gasteiger partial charge < -0.3 is 14.6 Å². The first-order valence-electron chi connectivity index (χ1n) is 6.23. The van der Waals surface area contributed by atoms with E-state index in [0.717, 1.165) is 10.9 Å². The third-order valence-corrected chi connectivity index (χ3v) is 3.63. The van der Waals surface area contributed by atoms with Crippen LogP contribution in [-0.2, 0) is 7.05 Å². The van der Waals surface area contributed by atoms with Crippen LogP contribution in [0.1, 0.15) is 10.4 Å². The van der Waals surface area contributed by atoms with E-state index in [9.17, 15) is 14.3 Å². The minimum absolute atomic E-state index is 0.0385. The molecule has 19 heavy (non-hydrogen) atoms. The van der Waals surface area contributed by atoms with E-state index in [1.165, 1.54) is 4.90 Å². The molecule has 1 aromatic carbocycles. The third kappa shape index (κ3) is 1.90. The van der Waals surface area contributed by atoms with Crippen LogP contribution in [0.4, 0.5) is 4.39 Å². The number of β-amino-alcohol motifs (C(OH)–C–C–N with tert-alkyl or cyclic N) is 1. The highest BCUT2D eigenvalue weighted by Gasteiger charge is 2.35. The summed E-state index contributed by atoms with van der Waals surface area (Å²) >= 11 is 0. The van der Waals surface area contributed by atoms with Gasteiger partial charge in [-0.2, -0.15) is 0 Å². The highest BCUT2D eigenvalue weighted by Crippen LogP contribution is 2.24. The summed E-state index contributed by atoms with van der Waals surface area (Å²) in [5, 5.41) is 10.3. The molecule has 1 fully saturated rings. The lowest BCUT2D eigenvalue weighted by Crippen LogP contribution is -2.29. The highest BCUT2D eigenvalue weighted by atomic mass is 19.1. The summed E-state index contributed by atoms with van der Waals surface area (Å²) in [7, 11) is 1.87. The van der Waals surface area contributed by atoms with Gasteiger partial charge in [-0.1, -0.05) is 18.2 Å². The first kappa shape index (κ1) is 12.2. The number of benzene rings is 1. The number of amides is 1. The second-order valence-corrected chi connectivity index (χ2v) is 4.96. The highest BCUT2D eigenvalue weighted by molar-refractivity contribution is 6.07. The molecule has 1 amide bonds. The number of rotatable bonds is 1. The molecule has 5 heteroatoms. The van der Waals surface area contributed by atoms with Gasteiger partial charge in [0.1, 0.15) is 12.3 Å². The quantitative estimate of drug-likeness (QED) is 0.842. The van der Waals surface area contributed by atoms with Crippen LogP contribution >= 0.6 is 0 Å². The summed E-state index contributed by atoms with van der Waals surface area (Å²) in [6, 6.07) is 7.59. The van der Waals surface area contributed by atoms with Crippen LogP contribution in [0.5, 0.6) is 0 Å². The number of aromatic nitrogens is 1. The molecule has 0 saturated carbocycles. The normalized spacial score (nSPS) is 23.2. The van der Waals surface area contributed by atoms with Crippen molar-refractivity contribution in [2.45, 2.75) is 12.3 Å². The summed E-state index contributed by atoms with van der Waals surface area (Å²) in [6.07, 6.45) is -0.664. The smallest absolute Gasteiger partial charge is 0.256 e. The summed E-state index contributed by atoms with van der Waals surface area (Å²) in [4.78, 5) is 13.8. The lowest BCUT2D eigenvalue weighted by Gasteiger charge is -2.14. The van der Waals surface area contributed by atoms with E-state index in [0.29, 0.717) is 5.56 Å². The molecule has 0 radical (unpaired) electrons. The third-order valence-electron chi connectivity index (χ3n) is 3.63. The van der Waals surface area contributed by atoms with E-state index in [1.807, 2.05) is 35.9 Å². The fraction of sp³-hybridized carbons (Fsp3) is 0.357. The maximum atomic E-state index is 13.3. The molecule has 1 saturated heterocycles. The molecule has 3 rings (SSSR count). The van der Waals surface area contributed by atoms with Crippen LogP contribution in [0, 0.1) is 0 Å². The Morgan fingerprint density at radius 2 is 2.11 bits per heavy atom. The number of fused-ring (bicyclic) bond motifs is 1. The second kappa shape index (κ2) is 4.35. The maximum Gasteiger partial charge on any atom is 0.256 e. The van der Waals surface area contributed by atoms with E-state index >= 15 is 0 Å². The maximum absolute atomic E-state index is 13.3. The summed E-state index contributed by atoms with van der Waals surface area (Å²) < 4.78 is 15.2. The number of hydrogen-bond donors (Lipinski definition) is 1. The predicted octanol–water partition coefficient (Wildman–Crippen LogP) is 1.33. The van der Waals surface area contributed by atoms with E-state index < -0.39 is 12.3 Å². The Kier molecular flexibility index (Phi) is 2.78. The van der Waals surface area contributed by atoms with Crippen molar-refractivity contribution in [2.24, 2.45) is 7.05 Å². The molecule has 0 unspecified atom stereocenters. The Morgan fingerprint density at radius 1 is 1.37 bits per heavy atom. The molecule has 2 aromatic rings. The molecule has 0 bridgehead atoms. The molecular weight excluding hydrogens is 247 g/mol. The van der Waals surface area contributed by atoms with Gasteiger partial charge in [0.2, 0.25) is 0 Å². The van der Waals surface area contributed by atoms with Crippen LogP contribution in [0.2, 0.25) is 0 Å². The zero-order valence-electron chi connectivity index (χ0n) is 10.6. The number of carbonyl (C=O) groups excluding carboxylic acids is 1. The first-order chi connectivity index (χ1) is 9.08. The molecule has 0 spiro atoms. The zero-order chi connectivity index (χ0) is 13.6. The SMILES string of the molecule is Cn1cc(C(=O)N2C[C@H](O)[C@@H](F)C2)c2ccccc21. The topological polar surface area (TPSA) is 45.5 Å². The number of aliphatic hydroxyl groups excluding tert-OH is 1. The van der Waals surface area contributed by atoms with Gasteiger partial charge in [-0.05, 0) is 6.07 Å². The van der Waals surface area contributed by atoms with E-state index in [2.05, 4.69) is 0 Å². The molecule has 1 N–H and O–H groups in total. The number of halogens is 1. The van der Waals surface area contributed by atoms with Crippen LogP contribution in [0.25, 0.3) is 10.9 Å². The first-order valence-corrected chi connectivity index (χ1v) is 6.23. The fourth-order valence-electron chi connectivity index (χ4n) is 2.60. The van der Waals surface area contributed by atoms with Crippen molar-refractivity contribution in [3.05, 3.63) is 36.0 Å². The van der Waals surface area contributed by atoms with Crippen molar-refractivity contribution in [1.29, 1.82) is 0 Å². The van der Waals surface area contributed by atoms with Gasteiger partial charge in [0, 0.05) is 30.7 Å². The van der Waals surface area contributed by atoms with Gasteiger partial charge in [-0.3, -0.25) is 4.79 Å². The van der Waals surface area contributed by atoms with Crippen molar-refractivity contribution in [1.82, 2.24) is 9.47 Å². The summed E-state index contributed by atoms with van der Waals surface area (Å²) in [6.45, 7) is 0.0203. The van der Waals surface area contributed by atoms with Gasteiger partial charge in [-0.15, -0.1) is 0 Å². The van der Waals surface area contributed by atoms with E-state index in [4.69, 9.17) is 0 Å². The van der Waals surface area contributed by atoms with Crippen molar-refractivity contribution in [2.75, 3.05) is 13.1 Å². The van der Waals surface area contributed by atoms with Gasteiger partial charge in [0.25, 0.3) is 5.91 Å². The zero-order valence-corrected chi connectivity index (χ0v) is 10.6. The Hall–Kier alpha value is -1.88. The van der Waals surface area contributed by atoms with Crippen LogP contribution in [-0.4, -0.2) is 45.8 Å². The lowest BCUT2D eigenvalue weighted by atomic mass is 10.1. The van der Waals surface area contributed by atoms with Gasteiger partial charge in [-0.25, -0.2) is 4.39 Å². The van der Waals surface area contributed by atoms with E-state index in [1.54, 1.807) is 6.20 Å². The predicted molar refractivity (Wildman–Crippen MR) is 69.7 cm³/mol.